The lowest BCUT2D eigenvalue weighted by atomic mass is 9.82. The number of halogens is 2. The van der Waals surface area contributed by atoms with Crippen LogP contribution in [0.3, 0.4) is 0 Å². The third kappa shape index (κ3) is 4.58. The van der Waals surface area contributed by atoms with E-state index in [1.54, 1.807) is 48.5 Å². The number of hydrogen-bond donors (Lipinski definition) is 0. The monoisotopic (exact) mass is 490 g/mol. The molecule has 1 amide bonds. The largest absolute Gasteiger partial charge is 0.338 e. The van der Waals surface area contributed by atoms with E-state index in [2.05, 4.69) is 19.8 Å². The highest BCUT2D eigenvalue weighted by Gasteiger charge is 2.50. The molecule has 3 aromatic rings. The summed E-state index contributed by atoms with van der Waals surface area (Å²) in [4.78, 5) is 33.5. The van der Waals surface area contributed by atoms with Gasteiger partial charge in [-0.05, 0) is 61.3 Å². The Morgan fingerprint density at radius 1 is 0.861 bits per heavy atom. The van der Waals surface area contributed by atoms with Gasteiger partial charge >= 0.3 is 0 Å². The Bertz CT molecular complexity index is 1240. The number of hydrogen-bond acceptors (Lipinski definition) is 6. The van der Waals surface area contributed by atoms with E-state index in [1.165, 1.54) is 24.3 Å². The van der Waals surface area contributed by atoms with E-state index < -0.39 is 17.2 Å². The third-order valence-electron chi connectivity index (χ3n) is 6.84. The molecule has 2 aromatic carbocycles. The van der Waals surface area contributed by atoms with Crippen LogP contribution in [0.4, 0.5) is 14.7 Å². The maximum atomic E-state index is 14.2. The van der Waals surface area contributed by atoms with Crippen LogP contribution in [-0.2, 0) is 10.3 Å². The van der Waals surface area contributed by atoms with E-state index in [1.807, 2.05) is 6.07 Å². The zero-order valence-corrected chi connectivity index (χ0v) is 20.1. The van der Waals surface area contributed by atoms with Gasteiger partial charge in [-0.15, -0.1) is 0 Å². The van der Waals surface area contributed by atoms with Gasteiger partial charge in [0.15, 0.2) is 5.54 Å². The van der Waals surface area contributed by atoms with Crippen LogP contribution in [0.15, 0.2) is 72.0 Å². The first-order valence-electron chi connectivity index (χ1n) is 12.1. The molecule has 0 N–H and O–H groups in total. The summed E-state index contributed by atoms with van der Waals surface area (Å²) in [5, 5.41) is 0. The number of carbonyl (C=O) groups excluding carboxylic acids is 1. The second-order valence-corrected chi connectivity index (χ2v) is 9.07. The predicted molar refractivity (Wildman–Crippen MR) is 134 cm³/mol. The van der Waals surface area contributed by atoms with Crippen molar-refractivity contribution < 1.29 is 13.6 Å². The Balaban J connectivity index is 1.27. The highest BCUT2D eigenvalue weighted by atomic mass is 19.1. The number of aromatic nitrogens is 2. The van der Waals surface area contributed by atoms with Crippen LogP contribution in [-0.4, -0.2) is 70.8 Å². The number of carbonyl (C=O) groups is 1. The first kappa shape index (κ1) is 24.0. The van der Waals surface area contributed by atoms with Crippen molar-refractivity contribution in [2.24, 2.45) is 4.99 Å². The number of piperazine rings is 1. The predicted octanol–water partition coefficient (Wildman–Crippen LogP) is 3.47. The number of amides is 1. The van der Waals surface area contributed by atoms with Crippen molar-refractivity contribution >= 4 is 17.7 Å². The smallest absolute Gasteiger partial charge is 0.265 e. The van der Waals surface area contributed by atoms with Gasteiger partial charge in [0.2, 0.25) is 5.95 Å². The molecule has 1 aromatic heterocycles. The summed E-state index contributed by atoms with van der Waals surface area (Å²) in [6.07, 6.45) is 4.27. The zero-order chi connectivity index (χ0) is 25.1. The van der Waals surface area contributed by atoms with E-state index in [9.17, 15) is 13.6 Å². The van der Waals surface area contributed by atoms with Gasteiger partial charge in [-0.25, -0.2) is 23.7 Å². The second kappa shape index (κ2) is 10.1. The average Bonchev–Trinajstić information content (AvgIpc) is 3.16. The molecule has 0 aliphatic carbocycles. The maximum Gasteiger partial charge on any atom is 0.265 e. The van der Waals surface area contributed by atoms with Crippen LogP contribution >= 0.6 is 0 Å². The van der Waals surface area contributed by atoms with Crippen LogP contribution in [0.5, 0.6) is 0 Å². The summed E-state index contributed by atoms with van der Waals surface area (Å²) in [6, 6.07) is 13.4. The quantitative estimate of drug-likeness (QED) is 0.508. The maximum absolute atomic E-state index is 14.2. The summed E-state index contributed by atoms with van der Waals surface area (Å²) in [7, 11) is 0. The fourth-order valence-electron chi connectivity index (χ4n) is 4.98. The van der Waals surface area contributed by atoms with E-state index in [-0.39, 0.29) is 5.91 Å². The lowest BCUT2D eigenvalue weighted by Gasteiger charge is -2.35. The number of anilines is 1. The van der Waals surface area contributed by atoms with E-state index in [0.717, 1.165) is 45.1 Å². The number of nitrogens with zero attached hydrogens (tertiary/aromatic N) is 6. The summed E-state index contributed by atoms with van der Waals surface area (Å²) in [6.45, 7) is 6.60. The minimum absolute atomic E-state index is 0.247. The molecular formula is C27H28F2N6O. The summed E-state index contributed by atoms with van der Waals surface area (Å²) in [5.74, 6) is 0.215. The summed E-state index contributed by atoms with van der Waals surface area (Å²) in [5.41, 5.74) is -0.484. The van der Waals surface area contributed by atoms with Crippen LogP contribution in [0, 0.1) is 11.6 Å². The molecule has 2 aliphatic heterocycles. The van der Waals surface area contributed by atoms with Crippen molar-refractivity contribution in [2.75, 3.05) is 44.2 Å². The topological polar surface area (TPSA) is 64.9 Å². The van der Waals surface area contributed by atoms with E-state index >= 15 is 0 Å². The lowest BCUT2D eigenvalue weighted by Crippen LogP contribution is -2.48. The lowest BCUT2D eigenvalue weighted by molar-refractivity contribution is -0.130. The van der Waals surface area contributed by atoms with Crippen molar-refractivity contribution in [3.05, 3.63) is 89.8 Å². The molecule has 0 saturated carbocycles. The molecular weight excluding hydrogens is 462 g/mol. The van der Waals surface area contributed by atoms with Gasteiger partial charge in [0.25, 0.3) is 5.91 Å². The minimum Gasteiger partial charge on any atom is -0.338 e. The Labute approximate surface area is 209 Å². The molecule has 7 nitrogen and oxygen atoms in total. The standard InChI is InChI=1S/C27H28F2N6O/c1-20-32-27(21-7-9-23(28)10-8-21,22-5-2-6-24(29)19-22)25(36)35(20)14-4-13-33-15-17-34(18-16-33)26-30-11-3-12-31-26/h2-3,5-12,19H,4,13-18H2,1H3. The number of amidine groups is 1. The second-order valence-electron chi connectivity index (χ2n) is 9.07. The van der Waals surface area contributed by atoms with Gasteiger partial charge in [-0.1, -0.05) is 24.3 Å². The van der Waals surface area contributed by atoms with Gasteiger partial charge in [0.1, 0.15) is 17.5 Å². The first-order valence-corrected chi connectivity index (χ1v) is 12.1. The first-order chi connectivity index (χ1) is 17.5. The molecule has 1 atom stereocenters. The number of benzene rings is 2. The van der Waals surface area contributed by atoms with Crippen LogP contribution in [0.1, 0.15) is 24.5 Å². The Hall–Kier alpha value is -3.72. The van der Waals surface area contributed by atoms with Gasteiger partial charge < -0.3 is 4.90 Å². The SMILES string of the molecule is CC1=NC(c2ccc(F)cc2)(c2cccc(F)c2)C(=O)N1CCCN1CCN(c2ncccn2)CC1. The van der Waals surface area contributed by atoms with Crippen molar-refractivity contribution in [1.29, 1.82) is 0 Å². The van der Waals surface area contributed by atoms with Crippen LogP contribution in [0.2, 0.25) is 0 Å². The van der Waals surface area contributed by atoms with Crippen molar-refractivity contribution in [1.82, 2.24) is 19.8 Å². The molecule has 0 bridgehead atoms. The van der Waals surface area contributed by atoms with E-state index in [4.69, 9.17) is 4.99 Å². The fraction of sp³-hybridized carbons (Fsp3) is 0.333. The molecule has 1 saturated heterocycles. The molecule has 36 heavy (non-hydrogen) atoms. The summed E-state index contributed by atoms with van der Waals surface area (Å²) < 4.78 is 27.9. The highest BCUT2D eigenvalue weighted by molar-refractivity contribution is 6.09. The zero-order valence-electron chi connectivity index (χ0n) is 20.1. The third-order valence-corrected chi connectivity index (χ3v) is 6.84. The highest BCUT2D eigenvalue weighted by Crippen LogP contribution is 2.40. The van der Waals surface area contributed by atoms with Crippen molar-refractivity contribution in [3.8, 4) is 0 Å². The Kier molecular flexibility index (Phi) is 6.73. The molecule has 9 heteroatoms. The molecule has 0 spiro atoms. The Morgan fingerprint density at radius 2 is 1.58 bits per heavy atom. The molecule has 1 fully saturated rings. The van der Waals surface area contributed by atoms with Gasteiger partial charge in [0, 0.05) is 45.1 Å². The van der Waals surface area contributed by atoms with Gasteiger partial charge in [-0.2, -0.15) is 0 Å². The fourth-order valence-corrected chi connectivity index (χ4v) is 4.98. The molecule has 186 valence electrons. The number of aliphatic imine (C=N–C) groups is 1. The van der Waals surface area contributed by atoms with Crippen LogP contribution < -0.4 is 4.90 Å². The van der Waals surface area contributed by atoms with Crippen molar-refractivity contribution in [3.63, 3.8) is 0 Å². The van der Waals surface area contributed by atoms with E-state index in [0.29, 0.717) is 23.5 Å². The van der Waals surface area contributed by atoms with Crippen molar-refractivity contribution in [2.45, 2.75) is 18.9 Å². The number of rotatable bonds is 7. The molecule has 5 rings (SSSR count). The molecule has 1 unspecified atom stereocenters. The van der Waals surface area contributed by atoms with Gasteiger partial charge in [-0.3, -0.25) is 14.6 Å². The van der Waals surface area contributed by atoms with Crippen LogP contribution in [0.25, 0.3) is 0 Å². The normalized spacial score (nSPS) is 20.6. The van der Waals surface area contributed by atoms with Gasteiger partial charge in [0.05, 0.1) is 0 Å². The molecule has 2 aliphatic rings. The summed E-state index contributed by atoms with van der Waals surface area (Å²) >= 11 is 0. The minimum atomic E-state index is -1.43. The molecule has 3 heterocycles. The average molecular weight is 491 g/mol. The Morgan fingerprint density at radius 3 is 2.28 bits per heavy atom. The molecule has 0 radical (unpaired) electrons.